The number of rotatable bonds is 10. The number of ether oxygens (including phenoxy) is 1. The predicted molar refractivity (Wildman–Crippen MR) is 166 cm³/mol. The first-order chi connectivity index (χ1) is 20.3. The van der Waals surface area contributed by atoms with Crippen molar-refractivity contribution in [3.63, 3.8) is 0 Å². The summed E-state index contributed by atoms with van der Waals surface area (Å²) >= 11 is 3.56. The highest BCUT2D eigenvalue weighted by Crippen LogP contribution is 2.60. The number of aromatic nitrogens is 3. The quantitative estimate of drug-likeness (QED) is 0.216. The summed E-state index contributed by atoms with van der Waals surface area (Å²) in [6.07, 6.45) is 0.928. The van der Waals surface area contributed by atoms with E-state index in [0.717, 1.165) is 10.0 Å². The van der Waals surface area contributed by atoms with Crippen molar-refractivity contribution in [2.75, 3.05) is 16.8 Å². The van der Waals surface area contributed by atoms with Crippen LogP contribution in [0.4, 0.5) is 15.5 Å². The van der Waals surface area contributed by atoms with Crippen LogP contribution in [-0.4, -0.2) is 64.2 Å². The van der Waals surface area contributed by atoms with Crippen molar-refractivity contribution < 1.29 is 28.6 Å². The summed E-state index contributed by atoms with van der Waals surface area (Å²) in [4.78, 5) is 28.3. The first kappa shape index (κ1) is 31.5. The Kier molecular flexibility index (Phi) is 8.92. The molecule has 3 N–H and O–H groups in total. The minimum atomic E-state index is -3.33. The van der Waals surface area contributed by atoms with Gasteiger partial charge in [-0.05, 0) is 62.3 Å². The Labute approximate surface area is 259 Å². The largest absolute Gasteiger partial charge is 0.396 e. The number of aryl methyl sites for hydroxylation is 1. The Morgan fingerprint density at radius 2 is 2.05 bits per heavy atom. The van der Waals surface area contributed by atoms with Crippen LogP contribution in [0.3, 0.4) is 0 Å². The lowest BCUT2D eigenvalue weighted by molar-refractivity contribution is -0.146. The van der Waals surface area contributed by atoms with Gasteiger partial charge in [-0.2, -0.15) is 0 Å². The average molecular weight is 675 g/mol. The summed E-state index contributed by atoms with van der Waals surface area (Å²) in [5, 5.41) is 29.7. The zero-order valence-electron chi connectivity index (χ0n) is 24.6. The summed E-state index contributed by atoms with van der Waals surface area (Å²) in [6, 6.07) is 12.8. The third kappa shape index (κ3) is 6.05. The van der Waals surface area contributed by atoms with Crippen molar-refractivity contribution in [3.05, 3.63) is 70.0 Å². The smallest absolute Gasteiger partial charge is 0.264 e. The zero-order chi connectivity index (χ0) is 31.1. The summed E-state index contributed by atoms with van der Waals surface area (Å²) in [6.45, 7) is 7.27. The zero-order valence-corrected chi connectivity index (χ0v) is 27.2. The molecule has 1 fully saturated rings. The Bertz CT molecular complexity index is 1510. The first-order valence-corrected chi connectivity index (χ1v) is 18.2. The number of hydrogen-bond donors (Lipinski definition) is 3. The van der Waals surface area contributed by atoms with E-state index in [0.29, 0.717) is 42.0 Å². The number of aliphatic hydroxyl groups is 2. The molecule has 3 aromatic rings. The summed E-state index contributed by atoms with van der Waals surface area (Å²) in [5.41, 5.74) is 1.52. The number of amides is 2. The van der Waals surface area contributed by atoms with Gasteiger partial charge in [0.05, 0.1) is 24.0 Å². The van der Waals surface area contributed by atoms with Gasteiger partial charge in [-0.25, -0.2) is 0 Å². The fraction of sp³-hybridized carbons (Fsp3) is 0.467. The molecule has 0 aliphatic carbocycles. The monoisotopic (exact) mass is 673 g/mol. The fourth-order valence-corrected chi connectivity index (χ4v) is 9.46. The molecule has 13 heteroatoms. The second-order valence-electron chi connectivity index (χ2n) is 11.9. The van der Waals surface area contributed by atoms with Crippen LogP contribution in [0.5, 0.6) is 0 Å². The second-order valence-corrected chi connectivity index (χ2v) is 16.6. The number of nitrogens with one attached hydrogen (secondary N) is 1. The van der Waals surface area contributed by atoms with Crippen LogP contribution in [0.2, 0.25) is 18.6 Å². The van der Waals surface area contributed by atoms with E-state index < -0.39 is 43.6 Å². The van der Waals surface area contributed by atoms with Crippen LogP contribution >= 0.6 is 15.9 Å². The van der Waals surface area contributed by atoms with Crippen LogP contribution in [0.1, 0.15) is 37.1 Å². The molecule has 0 unspecified atom stereocenters. The summed E-state index contributed by atoms with van der Waals surface area (Å²) in [7, 11) is -3.33. The Morgan fingerprint density at radius 1 is 1.28 bits per heavy atom. The Hall–Kier alpha value is -2.97. The highest BCUT2D eigenvalue weighted by molar-refractivity contribution is 9.10. The number of carbonyl (C=O) groups is 2. The number of anilines is 2. The molecule has 1 saturated heterocycles. The minimum absolute atomic E-state index is 0.0252. The van der Waals surface area contributed by atoms with E-state index >= 15 is 4.11 Å². The predicted octanol–water partition coefficient (Wildman–Crippen LogP) is 4.31. The lowest BCUT2D eigenvalue weighted by Gasteiger charge is -2.31. The average Bonchev–Trinajstić information content (AvgIpc) is 3.58. The van der Waals surface area contributed by atoms with Crippen molar-refractivity contribution in [2.24, 2.45) is 5.92 Å². The molecule has 5 rings (SSSR count). The van der Waals surface area contributed by atoms with Gasteiger partial charge in [-0.1, -0.05) is 40.2 Å². The molecule has 0 bridgehead atoms. The third-order valence-corrected chi connectivity index (χ3v) is 11.4. The van der Waals surface area contributed by atoms with Gasteiger partial charge >= 0.3 is 0 Å². The molecule has 2 aliphatic rings. The molecule has 2 aliphatic heterocycles. The number of aliphatic hydroxyl groups excluding tert-OH is 2. The van der Waals surface area contributed by atoms with Crippen molar-refractivity contribution >= 4 is 47.5 Å². The van der Waals surface area contributed by atoms with Gasteiger partial charge in [-0.3, -0.25) is 14.3 Å². The Morgan fingerprint density at radius 3 is 2.74 bits per heavy atom. The number of hydrogen-bond acceptors (Lipinski definition) is 7. The van der Waals surface area contributed by atoms with E-state index in [1.807, 2.05) is 31.2 Å². The maximum Gasteiger partial charge on any atom is 0.264 e. The number of nitrogens with zero attached hydrogens (tertiary/aromatic N) is 4. The molecule has 10 nitrogen and oxygen atoms in total. The number of carbonyl (C=O) groups excluding carboxylic acids is 2. The lowest BCUT2D eigenvalue weighted by Crippen LogP contribution is -2.45. The standard InChI is InChI=1S/C30H37BrFN5O5Si/c1-18-27(43(3,4)32)26(10-12-36-17-23(11-13-38)34-35-36)42-30(18)24-15-21(31)8-9-25(24)37(29(30)41)16-20-6-5-7-22(14-20)33-28(40)19(2)39/h5-9,14-15,17-19,26-27,38-39H,10-13,16H2,1-4H3,(H,33,40)/t18-,19+,26+,27-,30+/m1/s1. The van der Waals surface area contributed by atoms with Gasteiger partial charge in [0, 0.05) is 53.0 Å². The molecular formula is C30H37BrFN5O5Si. The molecule has 0 radical (unpaired) electrons. The van der Waals surface area contributed by atoms with Crippen molar-refractivity contribution in [1.82, 2.24) is 15.0 Å². The number of fused-ring (bicyclic) bond motifs is 2. The normalized spacial score (nSPS) is 24.0. The topological polar surface area (TPSA) is 130 Å². The van der Waals surface area contributed by atoms with Crippen molar-refractivity contribution in [3.8, 4) is 0 Å². The lowest BCUT2D eigenvalue weighted by atomic mass is 9.82. The van der Waals surface area contributed by atoms with Gasteiger partial charge in [0.15, 0.2) is 5.60 Å². The van der Waals surface area contributed by atoms with E-state index in [-0.39, 0.29) is 19.1 Å². The van der Waals surface area contributed by atoms with Gasteiger partial charge in [-0.15, -0.1) is 5.10 Å². The van der Waals surface area contributed by atoms with Crippen LogP contribution in [-0.2, 0) is 39.4 Å². The maximum absolute atomic E-state index is 16.1. The first-order valence-electron chi connectivity index (χ1n) is 14.4. The number of benzene rings is 2. The van der Waals surface area contributed by atoms with Crippen LogP contribution in [0, 0.1) is 5.92 Å². The molecule has 2 amide bonds. The van der Waals surface area contributed by atoms with Crippen molar-refractivity contribution in [1.29, 1.82) is 0 Å². The van der Waals surface area contributed by atoms with Crippen LogP contribution in [0.15, 0.2) is 53.1 Å². The second kappa shape index (κ2) is 12.2. The molecule has 3 heterocycles. The van der Waals surface area contributed by atoms with Crippen LogP contribution < -0.4 is 10.2 Å². The molecule has 1 spiro atoms. The van der Waals surface area contributed by atoms with Gasteiger partial charge in [0.2, 0.25) is 8.41 Å². The van der Waals surface area contributed by atoms with Gasteiger partial charge in [0.25, 0.3) is 11.8 Å². The SMILES string of the molecule is C[C@H](O)C(=O)Nc1cccc(CN2C(=O)[C@@]3(O[C@@H](CCn4cc(CCO)nn4)[C@H]([Si](C)(C)F)[C@H]3C)c3cc(Br)ccc32)c1. The minimum Gasteiger partial charge on any atom is -0.396 e. The highest BCUT2D eigenvalue weighted by atomic mass is 79.9. The van der Waals surface area contributed by atoms with Crippen LogP contribution in [0.25, 0.3) is 0 Å². The summed E-state index contributed by atoms with van der Waals surface area (Å²) < 4.78 is 25.4. The van der Waals surface area contributed by atoms with E-state index in [1.165, 1.54) is 6.92 Å². The fourth-order valence-electron chi connectivity index (χ4n) is 6.56. The molecule has 2 aromatic carbocycles. The van der Waals surface area contributed by atoms with E-state index in [2.05, 4.69) is 31.6 Å². The molecule has 230 valence electrons. The van der Waals surface area contributed by atoms with Gasteiger partial charge in [0.1, 0.15) is 6.10 Å². The summed E-state index contributed by atoms with van der Waals surface area (Å²) in [5.74, 6) is -1.21. The molecule has 5 atom stereocenters. The maximum atomic E-state index is 16.1. The molecule has 43 heavy (non-hydrogen) atoms. The third-order valence-electron chi connectivity index (χ3n) is 8.43. The van der Waals surface area contributed by atoms with Crippen molar-refractivity contribution in [2.45, 2.75) is 76.2 Å². The Balaban J connectivity index is 1.47. The van der Waals surface area contributed by atoms with Gasteiger partial charge < -0.3 is 29.3 Å². The molecule has 0 saturated carbocycles. The van der Waals surface area contributed by atoms with E-state index in [9.17, 15) is 19.8 Å². The number of halogens is 2. The highest BCUT2D eigenvalue weighted by Gasteiger charge is 2.66. The van der Waals surface area contributed by atoms with E-state index in [1.54, 1.807) is 47.1 Å². The molecular weight excluding hydrogens is 637 g/mol. The van der Waals surface area contributed by atoms with E-state index in [4.69, 9.17) is 4.74 Å². The molecule has 1 aromatic heterocycles.